The van der Waals surface area contributed by atoms with Crippen LogP contribution in [0.5, 0.6) is 5.75 Å². The molecule has 0 atom stereocenters. The third kappa shape index (κ3) is 3.66. The molecule has 0 amide bonds. The number of hydrogen-bond donors (Lipinski definition) is 5. The van der Waals surface area contributed by atoms with E-state index in [4.69, 9.17) is 0 Å². The van der Waals surface area contributed by atoms with Gasteiger partial charge in [-0.15, -0.1) is 0 Å². The van der Waals surface area contributed by atoms with Gasteiger partial charge in [0.05, 0.1) is 0 Å². The first-order valence-corrected chi connectivity index (χ1v) is 5.47. The highest BCUT2D eigenvalue weighted by atomic mass is 16.6. The van der Waals surface area contributed by atoms with Crippen molar-refractivity contribution in [1.29, 1.82) is 0 Å². The maximum Gasteiger partial charge on any atom is 0.226 e. The Kier molecular flexibility index (Phi) is 3.99. The van der Waals surface area contributed by atoms with Gasteiger partial charge in [0.2, 0.25) is 11.8 Å². The molecule has 0 aliphatic carbocycles. The minimum absolute atomic E-state index is 0.0564. The van der Waals surface area contributed by atoms with Crippen LogP contribution in [-0.4, -0.2) is 42.3 Å². The van der Waals surface area contributed by atoms with Crippen LogP contribution in [0.25, 0.3) is 0 Å². The molecule has 0 aliphatic rings. The van der Waals surface area contributed by atoms with E-state index in [9.17, 15) is 25.5 Å². The molecule has 0 aliphatic heterocycles. The number of aromatic hydroxyl groups is 1. The standard InChI is InChI=1S/C12H19NO5/c1-8-4-5-10(14)9(6-8)7-13(11(2,15)16)12(3,17)18/h4-6,14-18H,7H2,1-3H3. The largest absolute Gasteiger partial charge is 0.508 e. The molecule has 0 radical (unpaired) electrons. The van der Waals surface area contributed by atoms with Crippen molar-refractivity contribution in [1.82, 2.24) is 4.90 Å². The highest BCUT2D eigenvalue weighted by Crippen LogP contribution is 2.26. The van der Waals surface area contributed by atoms with E-state index in [1.165, 1.54) is 6.07 Å². The number of rotatable bonds is 4. The van der Waals surface area contributed by atoms with Crippen molar-refractivity contribution in [3.8, 4) is 5.75 Å². The summed E-state index contributed by atoms with van der Waals surface area (Å²) in [6, 6.07) is 4.78. The molecule has 0 saturated heterocycles. The fraction of sp³-hybridized carbons (Fsp3) is 0.500. The van der Waals surface area contributed by atoms with Gasteiger partial charge in [-0.1, -0.05) is 17.7 Å². The summed E-state index contributed by atoms with van der Waals surface area (Å²) >= 11 is 0. The van der Waals surface area contributed by atoms with Crippen LogP contribution in [-0.2, 0) is 6.54 Å². The Morgan fingerprint density at radius 3 is 2.00 bits per heavy atom. The molecule has 6 nitrogen and oxygen atoms in total. The molecule has 0 spiro atoms. The van der Waals surface area contributed by atoms with Crippen LogP contribution in [0.4, 0.5) is 0 Å². The molecule has 102 valence electrons. The third-order valence-electron chi connectivity index (χ3n) is 2.59. The lowest BCUT2D eigenvalue weighted by molar-refractivity contribution is -0.374. The Bertz CT molecular complexity index is 405. The van der Waals surface area contributed by atoms with Crippen molar-refractivity contribution in [3.05, 3.63) is 29.3 Å². The van der Waals surface area contributed by atoms with Gasteiger partial charge in [0.25, 0.3) is 0 Å². The van der Waals surface area contributed by atoms with Gasteiger partial charge in [-0.25, -0.2) is 0 Å². The highest BCUT2D eigenvalue weighted by molar-refractivity contribution is 5.35. The molecule has 1 rings (SSSR count). The molecule has 6 heteroatoms. The van der Waals surface area contributed by atoms with Crippen LogP contribution >= 0.6 is 0 Å². The normalized spacial score (nSPS) is 13.1. The minimum atomic E-state index is -2.44. The lowest BCUT2D eigenvalue weighted by atomic mass is 10.1. The summed E-state index contributed by atoms with van der Waals surface area (Å²) in [7, 11) is 0. The van der Waals surface area contributed by atoms with Crippen LogP contribution in [0, 0.1) is 6.92 Å². The predicted molar refractivity (Wildman–Crippen MR) is 64.1 cm³/mol. The van der Waals surface area contributed by atoms with Gasteiger partial charge in [-0.2, -0.15) is 4.90 Å². The topological polar surface area (TPSA) is 104 Å². The second kappa shape index (κ2) is 4.83. The molecule has 0 saturated carbocycles. The van der Waals surface area contributed by atoms with Crippen molar-refractivity contribution in [3.63, 3.8) is 0 Å². The van der Waals surface area contributed by atoms with E-state index in [-0.39, 0.29) is 12.3 Å². The van der Waals surface area contributed by atoms with E-state index in [1.807, 2.05) is 6.92 Å². The quantitative estimate of drug-likeness (QED) is 0.479. The zero-order valence-electron chi connectivity index (χ0n) is 10.6. The SMILES string of the molecule is Cc1ccc(O)c(CN(C(C)(O)O)C(C)(O)O)c1. The zero-order valence-corrected chi connectivity index (χ0v) is 10.6. The average Bonchev–Trinajstić information content (AvgIpc) is 2.15. The summed E-state index contributed by atoms with van der Waals surface area (Å²) < 4.78 is 0. The molecule has 18 heavy (non-hydrogen) atoms. The first-order chi connectivity index (χ1) is 8.01. The summed E-state index contributed by atoms with van der Waals surface area (Å²) in [6.45, 7) is 3.58. The smallest absolute Gasteiger partial charge is 0.226 e. The van der Waals surface area contributed by atoms with E-state index >= 15 is 0 Å². The van der Waals surface area contributed by atoms with Crippen LogP contribution in [0.2, 0.25) is 0 Å². The zero-order chi connectivity index (χ0) is 14.1. The van der Waals surface area contributed by atoms with Gasteiger partial charge in [0.15, 0.2) is 0 Å². The number of nitrogens with zero attached hydrogens (tertiary/aromatic N) is 1. The van der Waals surface area contributed by atoms with Gasteiger partial charge in [0, 0.05) is 26.0 Å². The average molecular weight is 257 g/mol. The molecule has 0 unspecified atom stereocenters. The van der Waals surface area contributed by atoms with Gasteiger partial charge < -0.3 is 25.5 Å². The molecule has 0 aromatic heterocycles. The van der Waals surface area contributed by atoms with Crippen LogP contribution < -0.4 is 0 Å². The lowest BCUT2D eigenvalue weighted by Crippen LogP contribution is -2.57. The molecular weight excluding hydrogens is 238 g/mol. The Balaban J connectivity index is 3.08. The third-order valence-corrected chi connectivity index (χ3v) is 2.59. The minimum Gasteiger partial charge on any atom is -0.508 e. The van der Waals surface area contributed by atoms with Crippen molar-refractivity contribution in [2.24, 2.45) is 0 Å². The summed E-state index contributed by atoms with van der Waals surface area (Å²) in [5, 5.41) is 47.7. The summed E-state index contributed by atoms with van der Waals surface area (Å²) in [5.41, 5.74) is 1.22. The van der Waals surface area contributed by atoms with Crippen LogP contribution in [0.3, 0.4) is 0 Å². The summed E-state index contributed by atoms with van der Waals surface area (Å²) in [4.78, 5) is 0.633. The molecular formula is C12H19NO5. The number of benzene rings is 1. The highest BCUT2D eigenvalue weighted by Gasteiger charge is 2.39. The second-order valence-electron chi connectivity index (χ2n) is 4.66. The Hall–Kier alpha value is -1.18. The van der Waals surface area contributed by atoms with Crippen molar-refractivity contribution in [2.75, 3.05) is 0 Å². The molecule has 5 N–H and O–H groups in total. The number of phenols is 1. The maximum absolute atomic E-state index is 9.66. The first kappa shape index (κ1) is 14.9. The lowest BCUT2D eigenvalue weighted by Gasteiger charge is -2.39. The predicted octanol–water partition coefficient (Wildman–Crippen LogP) is -0.181. The fourth-order valence-electron chi connectivity index (χ4n) is 1.71. The Morgan fingerprint density at radius 1 is 1.06 bits per heavy atom. The first-order valence-electron chi connectivity index (χ1n) is 5.47. The van der Waals surface area contributed by atoms with E-state index in [0.717, 1.165) is 19.4 Å². The van der Waals surface area contributed by atoms with Crippen LogP contribution in [0.1, 0.15) is 25.0 Å². The molecule has 0 bridgehead atoms. The van der Waals surface area contributed by atoms with E-state index in [1.54, 1.807) is 12.1 Å². The van der Waals surface area contributed by atoms with Crippen molar-refractivity contribution >= 4 is 0 Å². The molecule has 1 aromatic carbocycles. The molecule has 1 aromatic rings. The van der Waals surface area contributed by atoms with Gasteiger partial charge >= 0.3 is 0 Å². The van der Waals surface area contributed by atoms with Gasteiger partial charge in [0.1, 0.15) is 5.75 Å². The van der Waals surface area contributed by atoms with E-state index in [0.29, 0.717) is 10.5 Å². The number of hydrogen-bond acceptors (Lipinski definition) is 6. The Labute approximate surface area is 105 Å². The fourth-order valence-corrected chi connectivity index (χ4v) is 1.71. The molecule has 0 heterocycles. The van der Waals surface area contributed by atoms with Gasteiger partial charge in [-0.3, -0.25) is 0 Å². The van der Waals surface area contributed by atoms with E-state index in [2.05, 4.69) is 0 Å². The van der Waals surface area contributed by atoms with Gasteiger partial charge in [-0.05, 0) is 13.0 Å². The van der Waals surface area contributed by atoms with Crippen LogP contribution in [0.15, 0.2) is 18.2 Å². The van der Waals surface area contributed by atoms with Crippen molar-refractivity contribution in [2.45, 2.75) is 39.1 Å². The summed E-state index contributed by atoms with van der Waals surface area (Å²) in [5.74, 6) is -4.93. The second-order valence-corrected chi connectivity index (χ2v) is 4.66. The monoisotopic (exact) mass is 257 g/mol. The maximum atomic E-state index is 9.66. The van der Waals surface area contributed by atoms with E-state index < -0.39 is 11.8 Å². The Morgan fingerprint density at radius 2 is 1.56 bits per heavy atom. The number of aliphatic hydroxyl groups is 4. The number of phenolic OH excluding ortho intramolecular Hbond substituents is 1. The number of aryl methyl sites for hydroxylation is 1. The summed E-state index contributed by atoms with van der Waals surface area (Å²) in [6.07, 6.45) is 0. The molecule has 0 fully saturated rings. The van der Waals surface area contributed by atoms with Crippen molar-refractivity contribution < 1.29 is 25.5 Å².